The van der Waals surface area contributed by atoms with E-state index in [0.29, 0.717) is 5.69 Å². The summed E-state index contributed by atoms with van der Waals surface area (Å²) in [5.41, 5.74) is 13.5. The normalized spacial score (nSPS) is 12.8. The number of rotatable bonds is 2. The Labute approximate surface area is 252 Å². The molecule has 9 rings (SSSR count). The van der Waals surface area contributed by atoms with Crippen molar-refractivity contribution < 1.29 is 4.42 Å². The third-order valence-corrected chi connectivity index (χ3v) is 9.79. The highest BCUT2D eigenvalue weighted by Gasteiger charge is 2.19. The molecule has 4 heteroatoms. The first-order valence-corrected chi connectivity index (χ1v) is 15.6. The maximum atomic E-state index is 7.55. The number of hydrogen-bond donors (Lipinski definition) is 0. The zero-order valence-electron chi connectivity index (χ0n) is 23.2. The van der Waals surface area contributed by atoms with Gasteiger partial charge in [-0.05, 0) is 93.4 Å². The van der Waals surface area contributed by atoms with Crippen LogP contribution in [0.4, 0.5) is 5.69 Å². The van der Waals surface area contributed by atoms with E-state index < -0.39 is 0 Å². The second-order valence-electron chi connectivity index (χ2n) is 11.2. The van der Waals surface area contributed by atoms with Crippen LogP contribution in [0.5, 0.6) is 0 Å². The van der Waals surface area contributed by atoms with Gasteiger partial charge in [0.15, 0.2) is 5.69 Å². The van der Waals surface area contributed by atoms with E-state index in [2.05, 4.69) is 106 Å². The van der Waals surface area contributed by atoms with Gasteiger partial charge in [0.05, 0.1) is 17.6 Å². The number of thioether (sulfide) groups is 1. The van der Waals surface area contributed by atoms with Crippen molar-refractivity contribution in [1.82, 2.24) is 4.57 Å². The highest BCUT2D eigenvalue weighted by atomic mass is 32.2. The Hall–Kier alpha value is -5.24. The Bertz CT molecular complexity index is 2460. The monoisotopic (exact) mass is 568 g/mol. The summed E-state index contributed by atoms with van der Waals surface area (Å²) in [5.74, 6) is 1.96. The van der Waals surface area contributed by atoms with Crippen molar-refractivity contribution in [1.29, 1.82) is 0 Å². The third-order valence-electron chi connectivity index (χ3n) is 8.76. The molecule has 2 aromatic heterocycles. The van der Waals surface area contributed by atoms with Crippen LogP contribution in [0.15, 0.2) is 126 Å². The van der Waals surface area contributed by atoms with Crippen molar-refractivity contribution in [2.24, 2.45) is 0 Å². The molecule has 0 saturated carbocycles. The number of nitrogens with zero attached hydrogens (tertiary/aromatic N) is 2. The molecule has 8 aromatic rings. The van der Waals surface area contributed by atoms with Crippen molar-refractivity contribution >= 4 is 61.2 Å². The summed E-state index contributed by atoms with van der Waals surface area (Å²) in [5, 5.41) is 4.57. The molecule has 0 bridgehead atoms. The summed E-state index contributed by atoms with van der Waals surface area (Å²) in [6.45, 7) is 7.55. The molecule has 0 spiro atoms. The van der Waals surface area contributed by atoms with E-state index in [-0.39, 0.29) is 0 Å². The van der Waals surface area contributed by atoms with E-state index in [4.69, 9.17) is 11.0 Å². The molecular weight excluding hydrogens is 545 g/mol. The van der Waals surface area contributed by atoms with E-state index in [1.165, 1.54) is 27.8 Å². The SMILES string of the molecule is [C-]#[N+]c1ccc2c(c1)c1ccccc1n2-c1ccc2c(c1)-c1cc(-c3ccc4c(c3)oc3ccccc34)ccc1CSC2. The molecular formula is C39H24N2OS. The van der Waals surface area contributed by atoms with Crippen LogP contribution in [0.3, 0.4) is 0 Å². The Morgan fingerprint density at radius 2 is 1.28 bits per heavy atom. The summed E-state index contributed by atoms with van der Waals surface area (Å²) < 4.78 is 8.57. The van der Waals surface area contributed by atoms with Crippen LogP contribution in [-0.2, 0) is 11.5 Å². The topological polar surface area (TPSA) is 22.4 Å². The fourth-order valence-electron chi connectivity index (χ4n) is 6.70. The van der Waals surface area contributed by atoms with Gasteiger partial charge in [-0.15, -0.1) is 0 Å². The Morgan fingerprint density at radius 1 is 0.581 bits per heavy atom. The van der Waals surface area contributed by atoms with E-state index in [1.807, 2.05) is 36.0 Å². The predicted octanol–water partition coefficient (Wildman–Crippen LogP) is 11.3. The van der Waals surface area contributed by atoms with Crippen molar-refractivity contribution in [3.63, 3.8) is 0 Å². The van der Waals surface area contributed by atoms with Gasteiger partial charge >= 0.3 is 0 Å². The second-order valence-corrected chi connectivity index (χ2v) is 12.2. The quantitative estimate of drug-likeness (QED) is 0.194. The number of para-hydroxylation sites is 2. The molecule has 3 heterocycles. The zero-order chi connectivity index (χ0) is 28.5. The summed E-state index contributed by atoms with van der Waals surface area (Å²) in [6, 6.07) is 43.2. The summed E-state index contributed by atoms with van der Waals surface area (Å²) >= 11 is 1.97. The molecule has 0 aliphatic carbocycles. The minimum Gasteiger partial charge on any atom is -0.456 e. The minimum absolute atomic E-state index is 0.664. The van der Waals surface area contributed by atoms with Gasteiger partial charge in [0.2, 0.25) is 0 Å². The van der Waals surface area contributed by atoms with Gasteiger partial charge in [-0.2, -0.15) is 11.8 Å². The highest BCUT2D eigenvalue weighted by molar-refractivity contribution is 7.97. The average molecular weight is 569 g/mol. The second kappa shape index (κ2) is 9.39. The lowest BCUT2D eigenvalue weighted by molar-refractivity contribution is 0.669. The molecule has 0 N–H and O–H groups in total. The smallest absolute Gasteiger partial charge is 0.188 e. The van der Waals surface area contributed by atoms with E-state index in [1.54, 1.807) is 0 Å². The highest BCUT2D eigenvalue weighted by Crippen LogP contribution is 2.42. The standard InChI is InChI=1S/C39H24N2OS/c1-40-28-14-17-37-35(20-28)30-6-2-4-8-36(30)41(37)29-15-12-27-23-43-22-26-11-10-24(18-33(26)34(27)21-29)25-13-16-32-31-7-3-5-9-38(31)42-39(32)19-25/h2-21H,22-23H2. The van der Waals surface area contributed by atoms with Gasteiger partial charge in [-0.3, -0.25) is 0 Å². The lowest BCUT2D eigenvalue weighted by atomic mass is 9.92. The van der Waals surface area contributed by atoms with Gasteiger partial charge in [0.25, 0.3) is 0 Å². The van der Waals surface area contributed by atoms with Crippen LogP contribution in [-0.4, -0.2) is 4.57 Å². The molecule has 0 fully saturated rings. The largest absolute Gasteiger partial charge is 0.456 e. The summed E-state index contributed by atoms with van der Waals surface area (Å²) in [4.78, 5) is 3.70. The first-order chi connectivity index (χ1) is 21.2. The first-order valence-electron chi connectivity index (χ1n) is 14.4. The van der Waals surface area contributed by atoms with Crippen molar-refractivity contribution in [2.75, 3.05) is 0 Å². The van der Waals surface area contributed by atoms with Crippen molar-refractivity contribution in [2.45, 2.75) is 11.5 Å². The lowest BCUT2D eigenvalue weighted by Gasteiger charge is -2.15. The Morgan fingerprint density at radius 3 is 2.16 bits per heavy atom. The summed E-state index contributed by atoms with van der Waals surface area (Å²) in [6.07, 6.45) is 0. The van der Waals surface area contributed by atoms with Gasteiger partial charge in [0.1, 0.15) is 11.2 Å². The molecule has 43 heavy (non-hydrogen) atoms. The van der Waals surface area contributed by atoms with Crippen LogP contribution < -0.4 is 0 Å². The molecule has 3 nitrogen and oxygen atoms in total. The molecule has 0 amide bonds. The van der Waals surface area contributed by atoms with E-state index >= 15 is 0 Å². The van der Waals surface area contributed by atoms with Gasteiger partial charge < -0.3 is 8.98 Å². The third kappa shape index (κ3) is 3.75. The minimum atomic E-state index is 0.664. The molecule has 0 saturated heterocycles. The van der Waals surface area contributed by atoms with Crippen LogP contribution in [0.2, 0.25) is 0 Å². The Balaban J connectivity index is 1.23. The Kier molecular flexibility index (Phi) is 5.32. The maximum absolute atomic E-state index is 7.55. The van der Waals surface area contributed by atoms with Gasteiger partial charge in [0, 0.05) is 33.4 Å². The molecule has 202 valence electrons. The fraction of sp³-hybridized carbons (Fsp3) is 0.0513. The molecule has 0 atom stereocenters. The molecule has 1 aliphatic heterocycles. The number of furan rings is 1. The van der Waals surface area contributed by atoms with Crippen LogP contribution in [0, 0.1) is 6.57 Å². The fourth-order valence-corrected chi connectivity index (χ4v) is 7.74. The number of benzene rings is 6. The molecule has 0 radical (unpaired) electrons. The zero-order valence-corrected chi connectivity index (χ0v) is 24.0. The summed E-state index contributed by atoms with van der Waals surface area (Å²) in [7, 11) is 0. The van der Waals surface area contributed by atoms with E-state index in [0.717, 1.165) is 66.5 Å². The van der Waals surface area contributed by atoms with Crippen molar-refractivity contribution in [3.05, 3.63) is 144 Å². The average Bonchev–Trinajstić information content (AvgIpc) is 3.53. The maximum Gasteiger partial charge on any atom is 0.188 e. The molecule has 6 aromatic carbocycles. The van der Waals surface area contributed by atoms with Crippen LogP contribution in [0.25, 0.3) is 76.5 Å². The van der Waals surface area contributed by atoms with Crippen LogP contribution >= 0.6 is 11.8 Å². The van der Waals surface area contributed by atoms with Gasteiger partial charge in [-0.25, -0.2) is 4.85 Å². The molecule has 1 aliphatic rings. The molecule has 0 unspecified atom stereocenters. The number of aromatic nitrogens is 1. The first kappa shape index (κ1) is 24.4. The van der Waals surface area contributed by atoms with Gasteiger partial charge in [-0.1, -0.05) is 66.7 Å². The van der Waals surface area contributed by atoms with Crippen LogP contribution in [0.1, 0.15) is 11.1 Å². The van der Waals surface area contributed by atoms with E-state index in [9.17, 15) is 0 Å². The number of hydrogen-bond acceptors (Lipinski definition) is 2. The lowest BCUT2D eigenvalue weighted by Crippen LogP contribution is -1.97. The predicted molar refractivity (Wildman–Crippen MR) is 180 cm³/mol. The number of fused-ring (bicyclic) bond motifs is 9. The van der Waals surface area contributed by atoms with Crippen molar-refractivity contribution in [3.8, 4) is 27.9 Å².